The lowest BCUT2D eigenvalue weighted by atomic mass is 10.4. The molecular weight excluding hydrogens is 329 g/mol. The summed E-state index contributed by atoms with van der Waals surface area (Å²) in [7, 11) is -1.53. The van der Waals surface area contributed by atoms with Gasteiger partial charge in [-0.25, -0.2) is 5.26 Å². The van der Waals surface area contributed by atoms with Crippen LogP contribution < -0.4 is 15.9 Å². The van der Waals surface area contributed by atoms with Gasteiger partial charge in [-0.15, -0.1) is 0 Å². The van der Waals surface area contributed by atoms with E-state index in [1.807, 2.05) is 0 Å². The fourth-order valence-corrected chi connectivity index (χ4v) is 7.08. The lowest BCUT2D eigenvalue weighted by Gasteiger charge is -2.26. The number of benzene rings is 3. The Morgan fingerprint density at radius 2 is 0.958 bits per heavy atom. The molecule has 0 fully saturated rings. The van der Waals surface area contributed by atoms with Gasteiger partial charge < -0.3 is 12.6 Å². The normalized spacial score (nSPS) is 10.2. The maximum Gasteiger partial charge on any atom is 0.111 e. The first-order valence-corrected chi connectivity index (χ1v) is 10.2. The maximum atomic E-state index is 7.13. The molecule has 0 radical (unpaired) electrons. The van der Waals surface area contributed by atoms with Crippen LogP contribution >= 0.6 is 7.26 Å². The second kappa shape index (κ2) is 9.18. The molecule has 0 amide bonds. The van der Waals surface area contributed by atoms with E-state index in [2.05, 4.69) is 111 Å². The van der Waals surface area contributed by atoms with Crippen molar-refractivity contribution in [2.45, 2.75) is 6.92 Å². The quantitative estimate of drug-likeness (QED) is 0.404. The third-order valence-corrected chi connectivity index (χ3v) is 8.55. The zero-order chi connectivity index (χ0) is 17.3. The molecule has 0 heterocycles. The lowest BCUT2D eigenvalue weighted by molar-refractivity contribution is 1.48. The van der Waals surface area contributed by atoms with Gasteiger partial charge in [0.15, 0.2) is 0 Å². The highest BCUT2D eigenvalue weighted by atomic mass is 32.1. The number of nitriles is 1. The van der Waals surface area contributed by atoms with Crippen LogP contribution in [0.2, 0.25) is 0 Å². The summed E-state index contributed by atoms with van der Waals surface area (Å²) in [5.41, 5.74) is 0. The van der Waals surface area contributed by atoms with E-state index in [0.29, 0.717) is 0 Å². The summed E-state index contributed by atoms with van der Waals surface area (Å²) in [5, 5.41) is 12.9. The van der Waals surface area contributed by atoms with Gasteiger partial charge in [0.2, 0.25) is 0 Å². The highest BCUT2D eigenvalue weighted by Crippen LogP contribution is 2.54. The van der Waals surface area contributed by atoms with Gasteiger partial charge in [-0.05, 0) is 43.3 Å². The molecule has 0 spiro atoms. The Morgan fingerprint density at radius 1 is 0.708 bits per heavy atom. The van der Waals surface area contributed by atoms with Gasteiger partial charge in [0.05, 0.1) is 6.16 Å². The van der Waals surface area contributed by atoms with Gasteiger partial charge in [0, 0.05) is 0 Å². The largest absolute Gasteiger partial charge is 0.696 e. The molecular formula is C21H20NPS. The number of rotatable bonds is 4. The molecule has 0 atom stereocenters. The van der Waals surface area contributed by atoms with E-state index >= 15 is 0 Å². The summed E-state index contributed by atoms with van der Waals surface area (Å²) >= 11 is 3.70. The Bertz CT molecular complexity index is 671. The molecule has 120 valence electrons. The van der Waals surface area contributed by atoms with E-state index in [0.717, 1.165) is 6.16 Å². The van der Waals surface area contributed by atoms with Crippen LogP contribution in [0.5, 0.6) is 0 Å². The van der Waals surface area contributed by atoms with Crippen molar-refractivity contribution in [1.29, 1.82) is 5.26 Å². The van der Waals surface area contributed by atoms with Crippen molar-refractivity contribution in [3.63, 3.8) is 0 Å². The van der Waals surface area contributed by atoms with Gasteiger partial charge in [0.1, 0.15) is 23.2 Å². The van der Waals surface area contributed by atoms with Crippen molar-refractivity contribution in [1.82, 2.24) is 0 Å². The Hall–Kier alpha value is -2.20. The summed E-state index contributed by atoms with van der Waals surface area (Å²) < 4.78 is 0. The van der Waals surface area contributed by atoms with Crippen LogP contribution in [0.3, 0.4) is 0 Å². The molecule has 1 nitrogen and oxygen atoms in total. The van der Waals surface area contributed by atoms with Crippen LogP contribution in [-0.4, -0.2) is 6.16 Å². The number of thiocyanates is 1. The van der Waals surface area contributed by atoms with Crippen LogP contribution in [0.4, 0.5) is 0 Å². The standard InChI is InChI=1S/C20H20P.CHNS/c1-2-21(18-12-6-3-7-13-18,19-14-8-4-9-15-19)20-16-10-5-11-17-20;2-1-3/h3-17H,2H2,1H3;3H/q+1;/p-1. The SMILES string of the molecule is CC[P+](c1ccccc1)(c1ccccc1)c1ccccc1.N#C[S-]. The highest BCUT2D eigenvalue weighted by Gasteiger charge is 2.43. The first-order chi connectivity index (χ1) is 11.8. The van der Waals surface area contributed by atoms with E-state index in [1.54, 1.807) is 0 Å². The second-order valence-corrected chi connectivity index (χ2v) is 9.21. The van der Waals surface area contributed by atoms with Crippen molar-refractivity contribution in [2.75, 3.05) is 6.16 Å². The number of hydrogen-bond acceptors (Lipinski definition) is 2. The van der Waals surface area contributed by atoms with Crippen molar-refractivity contribution in [3.05, 3.63) is 91.0 Å². The lowest BCUT2D eigenvalue weighted by Crippen LogP contribution is -2.32. The summed E-state index contributed by atoms with van der Waals surface area (Å²) in [6.45, 7) is 2.32. The molecule has 0 aliphatic rings. The minimum absolute atomic E-state index is 1.14. The molecule has 0 aliphatic heterocycles. The molecule has 0 saturated carbocycles. The number of hydrogen-bond donors (Lipinski definition) is 0. The topological polar surface area (TPSA) is 23.8 Å². The van der Waals surface area contributed by atoms with Crippen LogP contribution in [0.1, 0.15) is 6.92 Å². The Morgan fingerprint density at radius 3 is 1.17 bits per heavy atom. The van der Waals surface area contributed by atoms with E-state index < -0.39 is 7.26 Å². The predicted molar refractivity (Wildman–Crippen MR) is 109 cm³/mol. The molecule has 0 N–H and O–H groups in total. The average Bonchev–Trinajstić information content (AvgIpc) is 2.66. The molecule has 3 aromatic carbocycles. The van der Waals surface area contributed by atoms with E-state index in [4.69, 9.17) is 5.26 Å². The fraction of sp³-hybridized carbons (Fsp3) is 0.0952. The van der Waals surface area contributed by atoms with Crippen LogP contribution in [0.15, 0.2) is 91.0 Å². The second-order valence-electron chi connectivity index (χ2n) is 5.22. The highest BCUT2D eigenvalue weighted by molar-refractivity contribution is 7.95. The van der Waals surface area contributed by atoms with Gasteiger partial charge in [-0.3, -0.25) is 0 Å². The van der Waals surface area contributed by atoms with Gasteiger partial charge in [0.25, 0.3) is 0 Å². The van der Waals surface area contributed by atoms with E-state index in [-0.39, 0.29) is 0 Å². The molecule has 0 saturated heterocycles. The van der Waals surface area contributed by atoms with Gasteiger partial charge >= 0.3 is 0 Å². The first kappa shape index (κ1) is 18.1. The minimum Gasteiger partial charge on any atom is -0.696 e. The molecule has 0 aliphatic carbocycles. The zero-order valence-electron chi connectivity index (χ0n) is 13.7. The third-order valence-electron chi connectivity index (χ3n) is 4.07. The summed E-state index contributed by atoms with van der Waals surface area (Å²) in [5.74, 6) is 0. The zero-order valence-corrected chi connectivity index (χ0v) is 15.4. The predicted octanol–water partition coefficient (Wildman–Crippen LogP) is 4.01. The summed E-state index contributed by atoms with van der Waals surface area (Å²) in [4.78, 5) is 0. The average molecular weight is 349 g/mol. The van der Waals surface area contributed by atoms with Gasteiger partial charge in [-0.1, -0.05) is 60.0 Å². The Kier molecular flexibility index (Phi) is 6.94. The van der Waals surface area contributed by atoms with Crippen LogP contribution in [0.25, 0.3) is 0 Å². The molecule has 3 heteroatoms. The van der Waals surface area contributed by atoms with Crippen LogP contribution in [0, 0.1) is 10.7 Å². The molecule has 0 bridgehead atoms. The van der Waals surface area contributed by atoms with E-state index in [1.165, 1.54) is 21.3 Å². The third kappa shape index (κ3) is 3.82. The number of nitrogens with zero attached hydrogens (tertiary/aromatic N) is 1. The molecule has 0 aromatic heterocycles. The molecule has 0 unspecified atom stereocenters. The Balaban J connectivity index is 0.000000647. The summed E-state index contributed by atoms with van der Waals surface area (Å²) in [6, 6.07) is 33.0. The van der Waals surface area contributed by atoms with Crippen molar-refractivity contribution < 1.29 is 0 Å². The monoisotopic (exact) mass is 349 g/mol. The van der Waals surface area contributed by atoms with Gasteiger partial charge in [-0.2, -0.15) is 0 Å². The van der Waals surface area contributed by atoms with E-state index in [9.17, 15) is 0 Å². The Labute approximate surface area is 150 Å². The first-order valence-electron chi connectivity index (χ1n) is 7.85. The van der Waals surface area contributed by atoms with Crippen LogP contribution in [-0.2, 0) is 12.6 Å². The molecule has 3 rings (SSSR count). The van der Waals surface area contributed by atoms with Crippen molar-refractivity contribution in [3.8, 4) is 5.40 Å². The minimum atomic E-state index is -1.53. The summed E-state index contributed by atoms with van der Waals surface area (Å²) in [6.07, 6.45) is 1.14. The molecule has 3 aromatic rings. The smallest absolute Gasteiger partial charge is 0.111 e. The van der Waals surface area contributed by atoms with Crippen molar-refractivity contribution >= 4 is 35.8 Å². The maximum absolute atomic E-state index is 7.13. The molecule has 24 heavy (non-hydrogen) atoms. The van der Waals surface area contributed by atoms with Crippen molar-refractivity contribution in [2.24, 2.45) is 0 Å². The fourth-order valence-electron chi connectivity index (χ4n) is 3.04.